The molecule has 5 rings (SSSR count). The zero-order valence-corrected chi connectivity index (χ0v) is 16.9. The number of likely N-dealkylation sites (tertiary alicyclic amines) is 1. The van der Waals surface area contributed by atoms with Crippen molar-refractivity contribution in [3.8, 4) is 5.75 Å². The maximum atomic E-state index is 13.2. The fourth-order valence-corrected chi connectivity index (χ4v) is 5.37. The highest BCUT2D eigenvalue weighted by Crippen LogP contribution is 2.52. The van der Waals surface area contributed by atoms with Gasteiger partial charge in [0.05, 0.1) is 38.1 Å². The number of fused-ring (bicyclic) bond motifs is 1. The van der Waals surface area contributed by atoms with Crippen molar-refractivity contribution in [2.45, 2.75) is 24.8 Å². The SMILES string of the molecule is COc1ccc(CNC(=O)[C@@H]2[C@@H]3C=C[C@@]4(CN(Cc5cccs5)C(=O)[C@H]24)O3)cc1. The summed E-state index contributed by atoms with van der Waals surface area (Å²) in [6.45, 7) is 1.48. The third-order valence-electron chi connectivity index (χ3n) is 6.03. The van der Waals surface area contributed by atoms with Gasteiger partial charge in [0, 0.05) is 11.4 Å². The van der Waals surface area contributed by atoms with Crippen LogP contribution >= 0.6 is 11.3 Å². The fraction of sp³-hybridized carbons (Fsp3) is 0.364. The molecule has 4 heterocycles. The summed E-state index contributed by atoms with van der Waals surface area (Å²) >= 11 is 1.63. The number of thiophene rings is 1. The predicted molar refractivity (Wildman–Crippen MR) is 108 cm³/mol. The molecule has 2 saturated heterocycles. The van der Waals surface area contributed by atoms with Crippen LogP contribution in [-0.2, 0) is 27.4 Å². The number of carbonyl (C=O) groups excluding carboxylic acids is 2. The van der Waals surface area contributed by atoms with Gasteiger partial charge in [-0.1, -0.05) is 30.4 Å². The van der Waals surface area contributed by atoms with E-state index in [0.717, 1.165) is 16.2 Å². The van der Waals surface area contributed by atoms with E-state index in [2.05, 4.69) is 5.32 Å². The quantitative estimate of drug-likeness (QED) is 0.743. The van der Waals surface area contributed by atoms with E-state index in [-0.39, 0.29) is 17.9 Å². The number of carbonyl (C=O) groups is 2. The average molecular weight is 410 g/mol. The highest BCUT2D eigenvalue weighted by atomic mass is 32.1. The van der Waals surface area contributed by atoms with Gasteiger partial charge in [-0.2, -0.15) is 0 Å². The summed E-state index contributed by atoms with van der Waals surface area (Å²) in [5.74, 6) is -0.285. The summed E-state index contributed by atoms with van der Waals surface area (Å²) in [4.78, 5) is 29.2. The van der Waals surface area contributed by atoms with Gasteiger partial charge in [0.2, 0.25) is 11.8 Å². The summed E-state index contributed by atoms with van der Waals surface area (Å²) in [5.41, 5.74) is 0.312. The number of amides is 2. The van der Waals surface area contributed by atoms with Gasteiger partial charge in [0.1, 0.15) is 11.4 Å². The first-order valence-electron chi connectivity index (χ1n) is 9.69. The Hall–Kier alpha value is -2.64. The number of nitrogens with one attached hydrogen (secondary N) is 1. The second kappa shape index (κ2) is 7.00. The molecule has 2 bridgehead atoms. The van der Waals surface area contributed by atoms with Gasteiger partial charge in [-0.05, 0) is 29.1 Å². The molecule has 0 aliphatic carbocycles. The van der Waals surface area contributed by atoms with Crippen LogP contribution in [0.15, 0.2) is 53.9 Å². The average Bonchev–Trinajstić information content (AvgIpc) is 3.50. The number of nitrogens with zero attached hydrogens (tertiary/aromatic N) is 1. The van der Waals surface area contributed by atoms with Crippen LogP contribution in [0.4, 0.5) is 0 Å². The third-order valence-corrected chi connectivity index (χ3v) is 6.90. The number of hydrogen-bond donors (Lipinski definition) is 1. The molecule has 0 unspecified atom stereocenters. The Morgan fingerprint density at radius 1 is 1.34 bits per heavy atom. The molecule has 3 aliphatic heterocycles. The predicted octanol–water partition coefficient (Wildman–Crippen LogP) is 2.36. The standard InChI is InChI=1S/C22H22N2O4S/c1-27-15-6-4-14(5-7-15)11-23-20(25)18-17-8-9-22(28-17)13-24(21(26)19(18)22)12-16-3-2-10-29-16/h2-10,17-19H,11-13H2,1H3,(H,23,25)/t17-,18+,19-,22-/m0/s1. The Labute approximate surface area is 173 Å². The normalized spacial score (nSPS) is 29.3. The molecule has 150 valence electrons. The van der Waals surface area contributed by atoms with Crippen LogP contribution < -0.4 is 10.1 Å². The summed E-state index contributed by atoms with van der Waals surface area (Å²) < 4.78 is 11.3. The summed E-state index contributed by atoms with van der Waals surface area (Å²) in [7, 11) is 1.62. The largest absolute Gasteiger partial charge is 0.497 e. The van der Waals surface area contributed by atoms with Crippen molar-refractivity contribution in [2.24, 2.45) is 11.8 Å². The highest BCUT2D eigenvalue weighted by Gasteiger charge is 2.66. The lowest BCUT2D eigenvalue weighted by atomic mass is 9.77. The van der Waals surface area contributed by atoms with E-state index in [1.165, 1.54) is 0 Å². The molecule has 1 spiro atoms. The van der Waals surface area contributed by atoms with E-state index in [1.807, 2.05) is 58.8 Å². The van der Waals surface area contributed by atoms with E-state index in [9.17, 15) is 9.59 Å². The van der Waals surface area contributed by atoms with E-state index in [1.54, 1.807) is 18.4 Å². The van der Waals surface area contributed by atoms with Gasteiger partial charge >= 0.3 is 0 Å². The Bertz CT molecular complexity index is 956. The smallest absolute Gasteiger partial charge is 0.230 e. The minimum atomic E-state index is -0.666. The van der Waals surface area contributed by atoms with Crippen LogP contribution in [0.1, 0.15) is 10.4 Å². The van der Waals surface area contributed by atoms with Crippen LogP contribution in [-0.4, -0.2) is 42.1 Å². The first-order chi connectivity index (χ1) is 14.1. The first-order valence-corrected chi connectivity index (χ1v) is 10.6. The maximum Gasteiger partial charge on any atom is 0.230 e. The van der Waals surface area contributed by atoms with Gasteiger partial charge in [0.15, 0.2) is 0 Å². The number of hydrogen-bond acceptors (Lipinski definition) is 5. The molecule has 1 N–H and O–H groups in total. The molecule has 1 aromatic heterocycles. The molecule has 0 radical (unpaired) electrons. The molecular weight excluding hydrogens is 388 g/mol. The van der Waals surface area contributed by atoms with Gasteiger partial charge in [-0.3, -0.25) is 9.59 Å². The summed E-state index contributed by atoms with van der Waals surface area (Å²) in [6.07, 6.45) is 3.60. The summed E-state index contributed by atoms with van der Waals surface area (Å²) in [5, 5.41) is 5.00. The fourth-order valence-electron chi connectivity index (χ4n) is 4.65. The van der Waals surface area contributed by atoms with Crippen molar-refractivity contribution in [3.63, 3.8) is 0 Å². The molecule has 29 heavy (non-hydrogen) atoms. The van der Waals surface area contributed by atoms with Crippen molar-refractivity contribution in [1.82, 2.24) is 10.2 Å². The van der Waals surface area contributed by atoms with Crippen LogP contribution in [0.3, 0.4) is 0 Å². The molecule has 6 nitrogen and oxygen atoms in total. The Morgan fingerprint density at radius 3 is 2.90 bits per heavy atom. The zero-order valence-electron chi connectivity index (χ0n) is 16.0. The van der Waals surface area contributed by atoms with Crippen LogP contribution in [0, 0.1) is 11.8 Å². The molecule has 1 aromatic carbocycles. The minimum Gasteiger partial charge on any atom is -0.497 e. The van der Waals surface area contributed by atoms with Gasteiger partial charge < -0.3 is 19.7 Å². The number of ether oxygens (including phenoxy) is 2. The highest BCUT2D eigenvalue weighted by molar-refractivity contribution is 7.09. The zero-order chi connectivity index (χ0) is 20.0. The lowest BCUT2D eigenvalue weighted by Crippen LogP contribution is -2.43. The van der Waals surface area contributed by atoms with E-state index in [0.29, 0.717) is 19.6 Å². The van der Waals surface area contributed by atoms with Crippen LogP contribution in [0.5, 0.6) is 5.75 Å². The molecule has 3 aliphatic rings. The number of benzene rings is 1. The molecule has 7 heteroatoms. The Balaban J connectivity index is 1.29. The molecule has 2 fully saturated rings. The monoisotopic (exact) mass is 410 g/mol. The molecule has 0 saturated carbocycles. The minimum absolute atomic E-state index is 0.00912. The topological polar surface area (TPSA) is 67.9 Å². The van der Waals surface area contributed by atoms with E-state index in [4.69, 9.17) is 9.47 Å². The van der Waals surface area contributed by atoms with Gasteiger partial charge in [-0.25, -0.2) is 0 Å². The van der Waals surface area contributed by atoms with Crippen molar-refractivity contribution in [3.05, 3.63) is 64.4 Å². The first kappa shape index (κ1) is 18.4. The van der Waals surface area contributed by atoms with Crippen molar-refractivity contribution < 1.29 is 19.1 Å². The Morgan fingerprint density at radius 2 is 2.17 bits per heavy atom. The van der Waals surface area contributed by atoms with Gasteiger partial charge in [0.25, 0.3) is 0 Å². The lowest BCUT2D eigenvalue weighted by Gasteiger charge is -2.23. The molecule has 2 amide bonds. The van der Waals surface area contributed by atoms with Crippen molar-refractivity contribution in [1.29, 1.82) is 0 Å². The molecule has 4 atom stereocenters. The molecule has 2 aromatic rings. The van der Waals surface area contributed by atoms with Gasteiger partial charge in [-0.15, -0.1) is 11.3 Å². The van der Waals surface area contributed by atoms with Crippen LogP contribution in [0.25, 0.3) is 0 Å². The number of rotatable bonds is 6. The Kier molecular flexibility index (Phi) is 4.44. The molecular formula is C22H22N2O4S. The van der Waals surface area contributed by atoms with E-state index < -0.39 is 17.4 Å². The lowest BCUT2D eigenvalue weighted by molar-refractivity contribution is -0.137. The second-order valence-corrected chi connectivity index (χ2v) is 8.77. The summed E-state index contributed by atoms with van der Waals surface area (Å²) in [6, 6.07) is 11.6. The van der Waals surface area contributed by atoms with Crippen LogP contribution in [0.2, 0.25) is 0 Å². The van der Waals surface area contributed by atoms with Crippen molar-refractivity contribution in [2.75, 3.05) is 13.7 Å². The number of methoxy groups -OCH3 is 1. The third kappa shape index (κ3) is 3.05. The second-order valence-electron chi connectivity index (χ2n) is 7.74. The van der Waals surface area contributed by atoms with E-state index >= 15 is 0 Å². The maximum absolute atomic E-state index is 13.2. The van der Waals surface area contributed by atoms with Crippen molar-refractivity contribution >= 4 is 23.2 Å².